The molecule has 0 aliphatic carbocycles. The molecule has 3 nitrogen and oxygen atoms in total. The third kappa shape index (κ3) is 1.48. The maximum atomic E-state index is 9.54. The molecule has 0 saturated heterocycles. The maximum Gasteiger partial charge on any atom is 0.194 e. The third-order valence-corrected chi connectivity index (χ3v) is 2.22. The number of hydrogen-bond donors (Lipinski definition) is 3. The Balaban J connectivity index is 2.78. The first-order valence-electron chi connectivity index (χ1n) is 4.37. The van der Waals surface area contributed by atoms with Gasteiger partial charge in [0, 0.05) is 5.56 Å². The highest BCUT2D eigenvalue weighted by atomic mass is 16.3. The molecule has 0 saturated carbocycles. The van der Waals surface area contributed by atoms with E-state index in [1.54, 1.807) is 6.07 Å². The van der Waals surface area contributed by atoms with E-state index < -0.39 is 5.85 Å². The average molecular weight is 188 g/mol. The molecular formula is C11H12N2O. The number of rotatable bonds is 1. The molecule has 0 radical (unpaired) electrons. The van der Waals surface area contributed by atoms with Crippen molar-refractivity contribution in [1.29, 1.82) is 0 Å². The van der Waals surface area contributed by atoms with Gasteiger partial charge in [0.05, 0.1) is 0 Å². The van der Waals surface area contributed by atoms with Crippen molar-refractivity contribution in [3.63, 3.8) is 0 Å². The van der Waals surface area contributed by atoms with E-state index in [2.05, 4.69) is 0 Å². The summed E-state index contributed by atoms with van der Waals surface area (Å²) in [7, 11) is 0. The molecule has 0 atom stereocenters. The van der Waals surface area contributed by atoms with Crippen molar-refractivity contribution in [3.8, 4) is 0 Å². The quantitative estimate of drug-likeness (QED) is 0.581. The molecule has 0 aliphatic rings. The molecule has 72 valence electrons. The Labute approximate surface area is 82.0 Å². The predicted octanol–water partition coefficient (Wildman–Crippen LogP) is 0.860. The molecule has 0 bridgehead atoms. The van der Waals surface area contributed by atoms with Gasteiger partial charge in [0.25, 0.3) is 0 Å². The fraction of sp³-hybridized carbons (Fsp3) is 0.0909. The van der Waals surface area contributed by atoms with Crippen LogP contribution in [0.1, 0.15) is 5.56 Å². The molecule has 14 heavy (non-hydrogen) atoms. The van der Waals surface area contributed by atoms with Gasteiger partial charge in [-0.3, -0.25) is 11.5 Å². The van der Waals surface area contributed by atoms with Crippen molar-refractivity contribution in [2.45, 2.75) is 5.85 Å². The highest BCUT2D eigenvalue weighted by Crippen LogP contribution is 2.22. The third-order valence-electron chi connectivity index (χ3n) is 2.22. The molecule has 0 heterocycles. The van der Waals surface area contributed by atoms with Gasteiger partial charge in [0.2, 0.25) is 0 Å². The van der Waals surface area contributed by atoms with Crippen LogP contribution in [0.3, 0.4) is 0 Å². The van der Waals surface area contributed by atoms with Gasteiger partial charge in [0.1, 0.15) is 0 Å². The predicted molar refractivity (Wildman–Crippen MR) is 56.2 cm³/mol. The Morgan fingerprint density at radius 2 is 1.57 bits per heavy atom. The summed E-state index contributed by atoms with van der Waals surface area (Å²) in [6, 6.07) is 13.1. The lowest BCUT2D eigenvalue weighted by Crippen LogP contribution is -2.45. The van der Waals surface area contributed by atoms with E-state index in [9.17, 15) is 5.11 Å². The summed E-state index contributed by atoms with van der Waals surface area (Å²) >= 11 is 0. The summed E-state index contributed by atoms with van der Waals surface area (Å²) in [6.45, 7) is 0. The minimum absolute atomic E-state index is 0.538. The number of fused-ring (bicyclic) bond motifs is 1. The molecule has 3 heteroatoms. The largest absolute Gasteiger partial charge is 0.360 e. The summed E-state index contributed by atoms with van der Waals surface area (Å²) in [4.78, 5) is 0. The summed E-state index contributed by atoms with van der Waals surface area (Å²) < 4.78 is 0. The first kappa shape index (κ1) is 9.15. The van der Waals surface area contributed by atoms with Crippen LogP contribution in [0.25, 0.3) is 10.8 Å². The molecule has 5 N–H and O–H groups in total. The van der Waals surface area contributed by atoms with Crippen LogP contribution in [0, 0.1) is 0 Å². The highest BCUT2D eigenvalue weighted by molar-refractivity contribution is 5.86. The van der Waals surface area contributed by atoms with Crippen molar-refractivity contribution >= 4 is 10.8 Å². The molecule has 0 unspecified atom stereocenters. The second kappa shape index (κ2) is 3.06. The molecule has 0 amide bonds. The maximum absolute atomic E-state index is 9.54. The van der Waals surface area contributed by atoms with Crippen LogP contribution < -0.4 is 11.5 Å². The van der Waals surface area contributed by atoms with E-state index in [1.165, 1.54) is 0 Å². The van der Waals surface area contributed by atoms with Crippen LogP contribution in [-0.2, 0) is 5.85 Å². The second-order valence-corrected chi connectivity index (χ2v) is 3.35. The van der Waals surface area contributed by atoms with Crippen LogP contribution in [0.15, 0.2) is 42.5 Å². The molecule has 0 aromatic heterocycles. The van der Waals surface area contributed by atoms with Crippen molar-refractivity contribution in [2.24, 2.45) is 11.5 Å². The highest BCUT2D eigenvalue weighted by Gasteiger charge is 2.19. The van der Waals surface area contributed by atoms with Crippen molar-refractivity contribution in [1.82, 2.24) is 0 Å². The SMILES string of the molecule is NC(N)(O)c1cccc2ccccc12. The van der Waals surface area contributed by atoms with E-state index in [0.717, 1.165) is 10.8 Å². The molecule has 2 aromatic carbocycles. The summed E-state index contributed by atoms with van der Waals surface area (Å²) in [5.41, 5.74) is 11.4. The van der Waals surface area contributed by atoms with Gasteiger partial charge >= 0.3 is 0 Å². The van der Waals surface area contributed by atoms with Crippen LogP contribution in [-0.4, -0.2) is 5.11 Å². The zero-order valence-corrected chi connectivity index (χ0v) is 7.64. The zero-order valence-electron chi connectivity index (χ0n) is 7.64. The fourth-order valence-corrected chi connectivity index (χ4v) is 1.57. The smallest absolute Gasteiger partial charge is 0.194 e. The average Bonchev–Trinajstić information content (AvgIpc) is 2.15. The molecule has 2 rings (SSSR count). The monoisotopic (exact) mass is 188 g/mol. The van der Waals surface area contributed by atoms with E-state index >= 15 is 0 Å². The first-order chi connectivity index (χ1) is 6.59. The van der Waals surface area contributed by atoms with Crippen LogP contribution in [0.4, 0.5) is 0 Å². The first-order valence-corrected chi connectivity index (χ1v) is 4.37. The second-order valence-electron chi connectivity index (χ2n) is 3.35. The number of nitrogens with two attached hydrogens (primary N) is 2. The van der Waals surface area contributed by atoms with Gasteiger partial charge in [-0.25, -0.2) is 0 Å². The van der Waals surface area contributed by atoms with Crippen molar-refractivity contribution < 1.29 is 5.11 Å². The Bertz CT molecular complexity index is 455. The van der Waals surface area contributed by atoms with Gasteiger partial charge < -0.3 is 5.11 Å². The van der Waals surface area contributed by atoms with E-state index in [1.807, 2.05) is 36.4 Å². The van der Waals surface area contributed by atoms with Gasteiger partial charge in [-0.2, -0.15) is 0 Å². The Morgan fingerprint density at radius 1 is 0.929 bits per heavy atom. The lowest BCUT2D eigenvalue weighted by Gasteiger charge is -2.19. The van der Waals surface area contributed by atoms with Gasteiger partial charge in [-0.15, -0.1) is 0 Å². The van der Waals surface area contributed by atoms with Gasteiger partial charge in [-0.05, 0) is 10.8 Å². The number of aliphatic hydroxyl groups is 1. The fourth-order valence-electron chi connectivity index (χ4n) is 1.57. The molecule has 0 fully saturated rings. The number of hydrogen-bond acceptors (Lipinski definition) is 3. The van der Waals surface area contributed by atoms with Gasteiger partial charge in [0.15, 0.2) is 5.85 Å². The molecule has 0 spiro atoms. The van der Waals surface area contributed by atoms with Crippen LogP contribution in [0.5, 0.6) is 0 Å². The molecule has 2 aromatic rings. The standard InChI is InChI=1S/C11H12N2O/c12-11(13,14)10-7-3-5-8-4-1-2-6-9(8)10/h1-7,14H,12-13H2. The number of benzene rings is 2. The lowest BCUT2D eigenvalue weighted by atomic mass is 10.0. The van der Waals surface area contributed by atoms with E-state index in [4.69, 9.17) is 11.5 Å². The van der Waals surface area contributed by atoms with Crippen LogP contribution >= 0.6 is 0 Å². The van der Waals surface area contributed by atoms with E-state index in [-0.39, 0.29) is 0 Å². The topological polar surface area (TPSA) is 72.3 Å². The van der Waals surface area contributed by atoms with Crippen molar-refractivity contribution in [3.05, 3.63) is 48.0 Å². The molecular weight excluding hydrogens is 176 g/mol. The Morgan fingerprint density at radius 3 is 2.29 bits per heavy atom. The zero-order chi connectivity index (χ0) is 10.2. The lowest BCUT2D eigenvalue weighted by molar-refractivity contribution is 0.0524. The summed E-state index contributed by atoms with van der Waals surface area (Å²) in [6.07, 6.45) is 0. The molecule has 0 aliphatic heterocycles. The Kier molecular flexibility index (Phi) is 2.00. The minimum Gasteiger partial charge on any atom is -0.360 e. The van der Waals surface area contributed by atoms with E-state index in [0.29, 0.717) is 5.56 Å². The van der Waals surface area contributed by atoms with Crippen molar-refractivity contribution in [2.75, 3.05) is 0 Å². The summed E-state index contributed by atoms with van der Waals surface area (Å²) in [5.74, 6) is -1.78. The minimum atomic E-state index is -1.78. The Hall–Kier alpha value is -1.42. The summed E-state index contributed by atoms with van der Waals surface area (Å²) in [5, 5.41) is 11.4. The normalized spacial score (nSPS) is 11.9. The van der Waals surface area contributed by atoms with Gasteiger partial charge in [-0.1, -0.05) is 42.5 Å². The van der Waals surface area contributed by atoms with Crippen LogP contribution in [0.2, 0.25) is 0 Å².